The number of imide groups is 1. The molecule has 1 aliphatic heterocycles. The molecule has 0 aromatic rings. The first-order valence-corrected chi connectivity index (χ1v) is 8.38. The molecule has 0 aromatic heterocycles. The molecule has 1 aliphatic carbocycles. The average molecular weight is 380 g/mol. The van der Waals surface area contributed by atoms with E-state index in [1.165, 1.54) is 0 Å². The van der Waals surface area contributed by atoms with E-state index in [2.05, 4.69) is 10.7 Å². The number of halogens is 1. The number of hydrogen-bond donors (Lipinski definition) is 0. The highest BCUT2D eigenvalue weighted by atomic mass is 19.1. The Morgan fingerprint density at radius 3 is 2.63 bits per heavy atom. The van der Waals surface area contributed by atoms with E-state index in [0.29, 0.717) is 0 Å². The van der Waals surface area contributed by atoms with Crippen molar-refractivity contribution in [1.82, 2.24) is 9.80 Å². The number of carbonyl (C=O) groups excluding carboxylic acids is 4. The molecule has 9 heteroatoms. The molecule has 2 rings (SSSR count). The summed E-state index contributed by atoms with van der Waals surface area (Å²) in [6.07, 6.45) is 6.17. The van der Waals surface area contributed by atoms with Gasteiger partial charge in [0, 0.05) is 0 Å². The van der Waals surface area contributed by atoms with Gasteiger partial charge in [-0.25, -0.2) is 14.5 Å². The van der Waals surface area contributed by atoms with E-state index in [0.717, 1.165) is 15.9 Å². The van der Waals surface area contributed by atoms with Crippen molar-refractivity contribution in [3.63, 3.8) is 0 Å². The third-order valence-corrected chi connectivity index (χ3v) is 4.71. The summed E-state index contributed by atoms with van der Waals surface area (Å²) in [7, 11) is 0. The molecule has 1 heterocycles. The second-order valence-electron chi connectivity index (χ2n) is 6.82. The fourth-order valence-electron chi connectivity index (χ4n) is 3.04. The maximum atomic E-state index is 13.8. The summed E-state index contributed by atoms with van der Waals surface area (Å²) in [4.78, 5) is 49.5. The Balaban J connectivity index is 1.96. The second-order valence-corrected chi connectivity index (χ2v) is 6.82. The van der Waals surface area contributed by atoms with Crippen LogP contribution in [-0.2, 0) is 23.9 Å². The summed E-state index contributed by atoms with van der Waals surface area (Å²) in [6.45, 7) is 4.29. The van der Waals surface area contributed by atoms with Crippen molar-refractivity contribution in [3.05, 3.63) is 11.9 Å². The van der Waals surface area contributed by atoms with E-state index in [-0.39, 0.29) is 19.7 Å². The number of esters is 2. The van der Waals surface area contributed by atoms with Crippen LogP contribution >= 0.6 is 0 Å². The van der Waals surface area contributed by atoms with E-state index >= 15 is 0 Å². The van der Waals surface area contributed by atoms with Crippen LogP contribution in [0, 0.1) is 29.6 Å². The number of amides is 3. The summed E-state index contributed by atoms with van der Waals surface area (Å²) in [5.41, 5.74) is -0.630. The van der Waals surface area contributed by atoms with Gasteiger partial charge >= 0.3 is 18.0 Å². The van der Waals surface area contributed by atoms with Crippen LogP contribution in [0.1, 0.15) is 20.8 Å². The van der Waals surface area contributed by atoms with Gasteiger partial charge in [0.25, 0.3) is 5.91 Å². The van der Waals surface area contributed by atoms with Gasteiger partial charge in [0.1, 0.15) is 6.54 Å². The lowest BCUT2D eigenvalue weighted by Crippen LogP contribution is -2.36. The number of carbonyl (C=O) groups is 4. The number of rotatable bonds is 7. The normalized spacial score (nSPS) is 23.9. The van der Waals surface area contributed by atoms with Crippen molar-refractivity contribution in [3.8, 4) is 12.3 Å². The molecular formula is C18H21FN2O6. The van der Waals surface area contributed by atoms with E-state index in [1.54, 1.807) is 20.8 Å². The number of ether oxygens (including phenoxy) is 2. The number of allylic oxidation sites excluding steroid dienone is 1. The van der Waals surface area contributed by atoms with Gasteiger partial charge in [-0.2, -0.15) is 4.39 Å². The zero-order valence-electron chi connectivity index (χ0n) is 15.4. The standard InChI is InChI=1S/C18H21FN2O6/c1-5-7-20-9-13(22)21(17(20)25)10-27-16(24)14-11(18(14,3)4)8-12(19)15(23)26-6-2/h1,8,11,14H,6-7,9-10H2,2-4H3/b12-8-/t11-,14-/m0/s1. The minimum absolute atomic E-state index is 0.0231. The monoisotopic (exact) mass is 380 g/mol. The predicted molar refractivity (Wildman–Crippen MR) is 90.2 cm³/mol. The lowest BCUT2D eigenvalue weighted by molar-refractivity contribution is -0.151. The lowest BCUT2D eigenvalue weighted by atomic mass is 10.1. The van der Waals surface area contributed by atoms with Gasteiger partial charge in [0.2, 0.25) is 5.83 Å². The topological polar surface area (TPSA) is 93.2 Å². The van der Waals surface area contributed by atoms with Crippen LogP contribution < -0.4 is 0 Å². The second kappa shape index (κ2) is 7.78. The third kappa shape index (κ3) is 4.10. The maximum Gasteiger partial charge on any atom is 0.366 e. The summed E-state index contributed by atoms with van der Waals surface area (Å²) in [5.74, 6) is -2.36. The Labute approximate surface area is 156 Å². The van der Waals surface area contributed by atoms with Gasteiger partial charge in [-0.3, -0.25) is 9.59 Å². The van der Waals surface area contributed by atoms with Crippen LogP contribution in [0.3, 0.4) is 0 Å². The fourth-order valence-corrected chi connectivity index (χ4v) is 3.04. The van der Waals surface area contributed by atoms with E-state index in [9.17, 15) is 23.6 Å². The number of urea groups is 1. The molecule has 27 heavy (non-hydrogen) atoms. The molecule has 0 aromatic carbocycles. The molecule has 1 saturated carbocycles. The van der Waals surface area contributed by atoms with Crippen LogP contribution in [-0.4, -0.2) is 60.1 Å². The van der Waals surface area contributed by atoms with Crippen molar-refractivity contribution >= 4 is 23.9 Å². The molecule has 0 bridgehead atoms. The number of hydrogen-bond acceptors (Lipinski definition) is 6. The molecule has 2 atom stereocenters. The van der Waals surface area contributed by atoms with Crippen LogP contribution in [0.5, 0.6) is 0 Å². The van der Waals surface area contributed by atoms with Gasteiger partial charge in [-0.05, 0) is 24.3 Å². The summed E-state index contributed by atoms with van der Waals surface area (Å²) in [6, 6.07) is -0.634. The van der Waals surface area contributed by atoms with Crippen LogP contribution in [0.15, 0.2) is 11.9 Å². The van der Waals surface area contributed by atoms with Crippen molar-refractivity contribution < 1.29 is 33.0 Å². The van der Waals surface area contributed by atoms with Gasteiger partial charge in [0.15, 0.2) is 6.73 Å². The quantitative estimate of drug-likeness (QED) is 0.284. The molecule has 0 N–H and O–H groups in total. The zero-order valence-corrected chi connectivity index (χ0v) is 15.4. The highest BCUT2D eigenvalue weighted by Crippen LogP contribution is 2.59. The van der Waals surface area contributed by atoms with Gasteiger partial charge in [0.05, 0.1) is 19.1 Å². The fraction of sp³-hybridized carbons (Fsp3) is 0.556. The van der Waals surface area contributed by atoms with Crippen molar-refractivity contribution in [2.24, 2.45) is 17.3 Å². The van der Waals surface area contributed by atoms with Gasteiger partial charge < -0.3 is 14.4 Å². The third-order valence-electron chi connectivity index (χ3n) is 4.71. The molecule has 3 amide bonds. The Kier molecular flexibility index (Phi) is 5.88. The lowest BCUT2D eigenvalue weighted by Gasteiger charge is -2.15. The van der Waals surface area contributed by atoms with Crippen LogP contribution in [0.2, 0.25) is 0 Å². The van der Waals surface area contributed by atoms with Gasteiger partial charge in [-0.1, -0.05) is 19.8 Å². The average Bonchev–Trinajstić information content (AvgIpc) is 3.02. The number of terminal acetylenes is 1. The zero-order chi connectivity index (χ0) is 20.4. The Hall–Kier alpha value is -2.89. The van der Waals surface area contributed by atoms with E-state index < -0.39 is 53.7 Å². The molecule has 0 spiro atoms. The summed E-state index contributed by atoms with van der Waals surface area (Å²) in [5, 5.41) is 0. The Bertz CT molecular complexity index is 739. The van der Waals surface area contributed by atoms with Crippen molar-refractivity contribution in [2.75, 3.05) is 26.4 Å². The summed E-state index contributed by atoms with van der Waals surface area (Å²) < 4.78 is 23.5. The van der Waals surface area contributed by atoms with Crippen molar-refractivity contribution in [2.45, 2.75) is 20.8 Å². The minimum Gasteiger partial charge on any atom is -0.461 e. The molecule has 0 radical (unpaired) electrons. The van der Waals surface area contributed by atoms with Crippen molar-refractivity contribution in [1.29, 1.82) is 0 Å². The Morgan fingerprint density at radius 2 is 2.04 bits per heavy atom. The highest BCUT2D eigenvalue weighted by molar-refractivity contribution is 6.02. The molecular weight excluding hydrogens is 359 g/mol. The highest BCUT2D eigenvalue weighted by Gasteiger charge is 2.62. The molecule has 146 valence electrons. The first-order valence-electron chi connectivity index (χ1n) is 8.38. The van der Waals surface area contributed by atoms with Gasteiger partial charge in [-0.15, -0.1) is 6.42 Å². The first-order chi connectivity index (χ1) is 12.6. The SMILES string of the molecule is C#CCN1CC(=O)N(COC(=O)[C@@H]2[C@H](/C=C(\F)C(=O)OCC)C2(C)C)C1=O. The van der Waals surface area contributed by atoms with Crippen LogP contribution in [0.25, 0.3) is 0 Å². The summed E-state index contributed by atoms with van der Waals surface area (Å²) >= 11 is 0. The predicted octanol–water partition coefficient (Wildman–Crippen LogP) is 1.07. The smallest absolute Gasteiger partial charge is 0.366 e. The minimum atomic E-state index is -1.09. The molecule has 1 saturated heterocycles. The van der Waals surface area contributed by atoms with E-state index in [1.807, 2.05) is 0 Å². The van der Waals surface area contributed by atoms with E-state index in [4.69, 9.17) is 11.2 Å². The molecule has 2 aliphatic rings. The largest absolute Gasteiger partial charge is 0.461 e. The first kappa shape index (κ1) is 20.4. The number of nitrogens with zero attached hydrogens (tertiary/aromatic N) is 2. The molecule has 0 unspecified atom stereocenters. The Morgan fingerprint density at radius 1 is 1.37 bits per heavy atom. The molecule has 2 fully saturated rings. The maximum absolute atomic E-state index is 13.8. The van der Waals surface area contributed by atoms with Crippen LogP contribution in [0.4, 0.5) is 9.18 Å². The molecule has 8 nitrogen and oxygen atoms in total.